The fraction of sp³-hybridized carbons (Fsp3) is 0.0417. The third-order valence-corrected chi connectivity index (χ3v) is 4.49. The Labute approximate surface area is 188 Å². The molecule has 3 aromatic carbocycles. The van der Waals surface area contributed by atoms with Crippen LogP contribution in [0.25, 0.3) is 11.6 Å². The van der Waals surface area contributed by atoms with Gasteiger partial charge in [0, 0.05) is 10.6 Å². The van der Waals surface area contributed by atoms with Crippen molar-refractivity contribution in [1.29, 1.82) is 0 Å². The molecule has 0 spiro atoms. The van der Waals surface area contributed by atoms with Crippen LogP contribution in [0.5, 0.6) is 0 Å². The minimum Gasteiger partial charge on any atom is -0.452 e. The lowest BCUT2D eigenvalue weighted by Crippen LogP contribution is -2.43. The first-order chi connectivity index (χ1) is 15.4. The van der Waals surface area contributed by atoms with E-state index in [1.165, 1.54) is 24.3 Å². The Morgan fingerprint density at radius 2 is 1.50 bits per heavy atom. The van der Waals surface area contributed by atoms with Crippen molar-refractivity contribution in [2.24, 2.45) is 0 Å². The number of carbonyl (C=O) groups is 3. The molecule has 0 aromatic heterocycles. The summed E-state index contributed by atoms with van der Waals surface area (Å²) in [6, 6.07) is 20.3. The van der Waals surface area contributed by atoms with Crippen LogP contribution in [0.4, 0.5) is 4.39 Å². The smallest absolute Gasteiger partial charge is 0.339 e. The van der Waals surface area contributed by atoms with Crippen LogP contribution in [0.2, 0.25) is 5.02 Å². The number of amides is 2. The number of esters is 1. The lowest BCUT2D eigenvalue weighted by molar-refractivity contribution is -0.143. The minimum absolute atomic E-state index is 0.119. The topological polar surface area (TPSA) is 84.5 Å². The van der Waals surface area contributed by atoms with Gasteiger partial charge in [0.05, 0.1) is 5.57 Å². The Morgan fingerprint density at radius 3 is 2.16 bits per heavy atom. The molecule has 0 heterocycles. The number of hydrogen-bond acceptors (Lipinski definition) is 4. The molecule has 0 saturated carbocycles. The molecule has 0 aliphatic heterocycles. The van der Waals surface area contributed by atoms with Gasteiger partial charge < -0.3 is 4.74 Å². The van der Waals surface area contributed by atoms with Crippen molar-refractivity contribution < 1.29 is 23.5 Å². The molecule has 0 atom stereocenters. The maximum absolute atomic E-state index is 13.3. The van der Waals surface area contributed by atoms with Crippen molar-refractivity contribution in [3.05, 3.63) is 106 Å². The monoisotopic (exact) mass is 452 g/mol. The predicted octanol–water partition coefficient (Wildman–Crippen LogP) is 4.02. The first-order valence-corrected chi connectivity index (χ1v) is 9.85. The van der Waals surface area contributed by atoms with Crippen LogP contribution in [0.3, 0.4) is 0 Å². The zero-order chi connectivity index (χ0) is 22.9. The van der Waals surface area contributed by atoms with Crippen LogP contribution in [-0.4, -0.2) is 24.4 Å². The van der Waals surface area contributed by atoms with Crippen LogP contribution in [0.15, 0.2) is 78.9 Å². The highest BCUT2D eigenvalue weighted by molar-refractivity contribution is 6.30. The van der Waals surface area contributed by atoms with E-state index in [1.54, 1.807) is 60.7 Å². The molecule has 0 radical (unpaired) electrons. The van der Waals surface area contributed by atoms with Gasteiger partial charge >= 0.3 is 5.97 Å². The summed E-state index contributed by atoms with van der Waals surface area (Å²) in [7, 11) is 0. The van der Waals surface area contributed by atoms with Crippen molar-refractivity contribution >= 4 is 41.0 Å². The minimum atomic E-state index is -0.795. The van der Waals surface area contributed by atoms with E-state index in [-0.39, 0.29) is 5.57 Å². The summed E-state index contributed by atoms with van der Waals surface area (Å²) in [6.45, 7) is -0.632. The largest absolute Gasteiger partial charge is 0.452 e. The molecule has 0 aliphatic carbocycles. The van der Waals surface area contributed by atoms with Crippen LogP contribution >= 0.6 is 11.6 Å². The average molecular weight is 453 g/mol. The van der Waals surface area contributed by atoms with E-state index in [9.17, 15) is 18.8 Å². The van der Waals surface area contributed by atoms with Crippen molar-refractivity contribution in [1.82, 2.24) is 10.9 Å². The summed E-state index contributed by atoms with van der Waals surface area (Å²) in [5, 5.41) is 0.530. The van der Waals surface area contributed by atoms with E-state index >= 15 is 0 Å². The fourth-order valence-electron chi connectivity index (χ4n) is 2.65. The standard InChI is InChI=1S/C24H18ClFN2O4/c25-19-10-6-16(7-11-19)14-21(17-8-12-20(26)13-9-17)24(31)32-15-22(29)27-28-23(30)18-4-2-1-3-5-18/h1-14H,15H2,(H,27,29)(H,28,30). The summed E-state index contributed by atoms with van der Waals surface area (Å²) in [6.07, 6.45) is 1.54. The highest BCUT2D eigenvalue weighted by Gasteiger charge is 2.16. The molecule has 6 nitrogen and oxygen atoms in total. The maximum atomic E-state index is 13.3. The molecule has 3 rings (SSSR count). The molecule has 2 N–H and O–H groups in total. The van der Waals surface area contributed by atoms with E-state index in [0.29, 0.717) is 21.7 Å². The normalized spacial score (nSPS) is 10.9. The van der Waals surface area contributed by atoms with Crippen molar-refractivity contribution in [2.75, 3.05) is 6.61 Å². The third kappa shape index (κ3) is 6.52. The van der Waals surface area contributed by atoms with Gasteiger partial charge in [0.2, 0.25) is 0 Å². The second-order valence-electron chi connectivity index (χ2n) is 6.56. The van der Waals surface area contributed by atoms with E-state index in [4.69, 9.17) is 16.3 Å². The van der Waals surface area contributed by atoms with E-state index in [2.05, 4.69) is 10.9 Å². The Hall–Kier alpha value is -3.97. The van der Waals surface area contributed by atoms with Crippen LogP contribution in [0.1, 0.15) is 21.5 Å². The van der Waals surface area contributed by atoms with E-state index in [1.807, 2.05) is 0 Å². The van der Waals surface area contributed by atoms with Gasteiger partial charge in [-0.15, -0.1) is 0 Å². The number of halogens is 2. The first-order valence-electron chi connectivity index (χ1n) is 9.47. The number of benzene rings is 3. The number of rotatable bonds is 6. The maximum Gasteiger partial charge on any atom is 0.339 e. The Balaban J connectivity index is 1.65. The van der Waals surface area contributed by atoms with E-state index in [0.717, 1.165) is 0 Å². The molecule has 0 fully saturated rings. The number of hydrogen-bond donors (Lipinski definition) is 2. The highest BCUT2D eigenvalue weighted by Crippen LogP contribution is 2.21. The van der Waals surface area contributed by atoms with Gasteiger partial charge in [-0.2, -0.15) is 0 Å². The molecule has 0 bridgehead atoms. The number of ether oxygens (including phenoxy) is 1. The van der Waals surface area contributed by atoms with E-state index < -0.39 is 30.2 Å². The van der Waals surface area contributed by atoms with Gasteiger partial charge in [-0.3, -0.25) is 20.4 Å². The summed E-state index contributed by atoms with van der Waals surface area (Å²) in [4.78, 5) is 36.6. The number of nitrogens with one attached hydrogen (secondary N) is 2. The molecule has 32 heavy (non-hydrogen) atoms. The summed E-state index contributed by atoms with van der Waals surface area (Å²) in [5.41, 5.74) is 5.95. The molecule has 3 aromatic rings. The van der Waals surface area contributed by atoms with Gasteiger partial charge in [0.25, 0.3) is 11.8 Å². The second-order valence-corrected chi connectivity index (χ2v) is 7.00. The Kier molecular flexibility index (Phi) is 7.72. The quantitative estimate of drug-likeness (QED) is 0.256. The van der Waals surface area contributed by atoms with Gasteiger partial charge in [0.15, 0.2) is 6.61 Å². The van der Waals surface area contributed by atoms with Crippen LogP contribution in [-0.2, 0) is 14.3 Å². The molecule has 0 saturated heterocycles. The van der Waals surface area contributed by atoms with Crippen molar-refractivity contribution in [3.63, 3.8) is 0 Å². The van der Waals surface area contributed by atoms with Gasteiger partial charge in [-0.05, 0) is 53.6 Å². The predicted molar refractivity (Wildman–Crippen MR) is 119 cm³/mol. The molecular weight excluding hydrogens is 435 g/mol. The van der Waals surface area contributed by atoms with Crippen molar-refractivity contribution in [2.45, 2.75) is 0 Å². The fourth-order valence-corrected chi connectivity index (χ4v) is 2.77. The molecular formula is C24H18ClFN2O4. The average Bonchev–Trinajstić information content (AvgIpc) is 2.82. The third-order valence-electron chi connectivity index (χ3n) is 4.24. The summed E-state index contributed by atoms with van der Waals surface area (Å²) < 4.78 is 18.4. The zero-order valence-electron chi connectivity index (χ0n) is 16.7. The lowest BCUT2D eigenvalue weighted by atomic mass is 10.0. The highest BCUT2D eigenvalue weighted by atomic mass is 35.5. The number of carbonyl (C=O) groups excluding carboxylic acids is 3. The summed E-state index contributed by atoms with van der Waals surface area (Å²) >= 11 is 5.89. The van der Waals surface area contributed by atoms with Gasteiger partial charge in [-0.25, -0.2) is 9.18 Å². The van der Waals surface area contributed by atoms with Gasteiger partial charge in [-0.1, -0.05) is 54.1 Å². The molecule has 0 unspecified atom stereocenters. The Morgan fingerprint density at radius 1 is 0.844 bits per heavy atom. The molecule has 2 amide bonds. The Bertz CT molecular complexity index is 1130. The summed E-state index contributed by atoms with van der Waals surface area (Å²) in [5.74, 6) is -2.50. The van der Waals surface area contributed by atoms with Crippen LogP contribution < -0.4 is 10.9 Å². The SMILES string of the molecule is O=C(COC(=O)C(=Cc1ccc(Cl)cc1)c1ccc(F)cc1)NNC(=O)c1ccccc1. The number of hydrazine groups is 1. The zero-order valence-corrected chi connectivity index (χ0v) is 17.4. The molecule has 0 aliphatic rings. The molecule has 8 heteroatoms. The first kappa shape index (κ1) is 22.7. The molecule has 162 valence electrons. The lowest BCUT2D eigenvalue weighted by Gasteiger charge is -2.10. The second kappa shape index (κ2) is 10.9. The van der Waals surface area contributed by atoms with Crippen LogP contribution in [0, 0.1) is 5.82 Å². The van der Waals surface area contributed by atoms with Gasteiger partial charge in [0.1, 0.15) is 5.82 Å². The van der Waals surface area contributed by atoms with Crippen molar-refractivity contribution in [3.8, 4) is 0 Å².